The Morgan fingerprint density at radius 3 is 2.32 bits per heavy atom. The molecule has 0 saturated heterocycles. The van der Waals surface area contributed by atoms with E-state index in [4.69, 9.17) is 39.5 Å². The second-order valence-electron chi connectivity index (χ2n) is 8.34. The Labute approximate surface area is 215 Å². The van der Waals surface area contributed by atoms with Crippen molar-refractivity contribution in [3.63, 3.8) is 0 Å². The van der Waals surface area contributed by atoms with Crippen LogP contribution in [0.1, 0.15) is 42.1 Å². The molecule has 0 saturated carbocycles. The van der Waals surface area contributed by atoms with E-state index in [0.29, 0.717) is 18.7 Å². The smallest absolute Gasteiger partial charge is 0.255 e. The van der Waals surface area contributed by atoms with Crippen molar-refractivity contribution >= 4 is 46.4 Å². The molecule has 0 fully saturated rings. The molecule has 1 aliphatic heterocycles. The minimum absolute atomic E-state index is 0.266. The average molecular weight is 518 g/mol. The quantitative estimate of drug-likeness (QED) is 0.250. The molecule has 1 atom stereocenters. The van der Waals surface area contributed by atoms with Gasteiger partial charge in [-0.3, -0.25) is 4.79 Å². The van der Waals surface area contributed by atoms with E-state index in [1.54, 1.807) is 0 Å². The van der Waals surface area contributed by atoms with Gasteiger partial charge in [0.25, 0.3) is 5.91 Å². The number of fused-ring (bicyclic) bond motifs is 1. The van der Waals surface area contributed by atoms with Crippen LogP contribution in [0.4, 0.5) is 5.69 Å². The zero-order chi connectivity index (χ0) is 24.1. The Morgan fingerprint density at radius 1 is 0.941 bits per heavy atom. The van der Waals surface area contributed by atoms with Crippen LogP contribution in [0, 0.1) is 0 Å². The molecule has 7 heteroatoms. The molecule has 3 aromatic carbocycles. The maximum Gasteiger partial charge on any atom is 0.255 e. The molecular formula is C27H27Cl3N2O2. The Hall–Kier alpha value is -2.40. The first-order valence-electron chi connectivity index (χ1n) is 11.4. The lowest BCUT2D eigenvalue weighted by Gasteiger charge is -2.42. The number of hydrogen-bond acceptors (Lipinski definition) is 3. The van der Waals surface area contributed by atoms with Gasteiger partial charge >= 0.3 is 0 Å². The van der Waals surface area contributed by atoms with Crippen molar-refractivity contribution < 1.29 is 9.53 Å². The summed E-state index contributed by atoms with van der Waals surface area (Å²) in [7, 11) is 0. The normalized spacial score (nSPS) is 15.6. The van der Waals surface area contributed by atoms with Crippen LogP contribution in [0.2, 0.25) is 0 Å². The highest BCUT2D eigenvalue weighted by Gasteiger charge is 2.43. The molecular weight excluding hydrogens is 491 g/mol. The molecule has 0 radical (unpaired) electrons. The molecule has 0 spiro atoms. The molecule has 4 rings (SSSR count). The summed E-state index contributed by atoms with van der Waals surface area (Å²) in [6, 6.07) is 23.6. The molecule has 34 heavy (non-hydrogen) atoms. The van der Waals surface area contributed by atoms with Gasteiger partial charge < -0.3 is 15.0 Å². The van der Waals surface area contributed by atoms with E-state index >= 15 is 0 Å². The molecule has 0 aromatic heterocycles. The number of nitrogens with zero attached hydrogens (tertiary/aromatic N) is 1. The fourth-order valence-corrected chi connectivity index (χ4v) is 4.58. The summed E-state index contributed by atoms with van der Waals surface area (Å²) in [5.41, 5.74) is 4.29. The monoisotopic (exact) mass is 516 g/mol. The van der Waals surface area contributed by atoms with Gasteiger partial charge in [0.05, 0.1) is 17.9 Å². The highest BCUT2D eigenvalue weighted by atomic mass is 35.6. The van der Waals surface area contributed by atoms with Crippen LogP contribution < -0.4 is 15.0 Å². The van der Waals surface area contributed by atoms with Gasteiger partial charge in [-0.05, 0) is 47.4 Å². The molecule has 1 aliphatic rings. The molecule has 0 bridgehead atoms. The van der Waals surface area contributed by atoms with Gasteiger partial charge in [0.2, 0.25) is 3.79 Å². The number of nitrogens with one attached hydrogen (secondary N) is 1. The van der Waals surface area contributed by atoms with E-state index < -0.39 is 9.96 Å². The number of ether oxygens (including phenoxy) is 1. The molecule has 1 N–H and O–H groups in total. The van der Waals surface area contributed by atoms with Gasteiger partial charge in [0, 0.05) is 6.54 Å². The van der Waals surface area contributed by atoms with Gasteiger partial charge in [0.15, 0.2) is 6.17 Å². The predicted octanol–water partition coefficient (Wildman–Crippen LogP) is 7.37. The average Bonchev–Trinajstić information content (AvgIpc) is 2.83. The first-order valence-corrected chi connectivity index (χ1v) is 12.6. The number of alkyl halides is 3. The lowest BCUT2D eigenvalue weighted by Crippen LogP contribution is -2.58. The molecule has 1 unspecified atom stereocenters. The maximum absolute atomic E-state index is 12.8. The number of benzene rings is 3. The van der Waals surface area contributed by atoms with Crippen LogP contribution in [0.15, 0.2) is 72.8 Å². The molecule has 3 aromatic rings. The molecule has 0 aliphatic carbocycles. The van der Waals surface area contributed by atoms with E-state index in [-0.39, 0.29) is 5.91 Å². The van der Waals surface area contributed by atoms with Crippen molar-refractivity contribution in [1.29, 1.82) is 0 Å². The minimum Gasteiger partial charge on any atom is -0.494 e. The van der Waals surface area contributed by atoms with Crippen LogP contribution in [0.25, 0.3) is 11.1 Å². The second kappa shape index (κ2) is 10.9. The zero-order valence-corrected chi connectivity index (χ0v) is 21.2. The van der Waals surface area contributed by atoms with Crippen molar-refractivity contribution in [3.05, 3.63) is 83.9 Å². The maximum atomic E-state index is 12.8. The van der Waals surface area contributed by atoms with Gasteiger partial charge in [-0.15, -0.1) is 0 Å². The molecule has 4 nitrogen and oxygen atoms in total. The minimum atomic E-state index is -1.71. The third-order valence-corrected chi connectivity index (χ3v) is 6.46. The second-order valence-corrected chi connectivity index (χ2v) is 10.7. The summed E-state index contributed by atoms with van der Waals surface area (Å²) < 4.78 is 4.12. The van der Waals surface area contributed by atoms with E-state index in [1.165, 1.54) is 6.42 Å². The van der Waals surface area contributed by atoms with Crippen molar-refractivity contribution in [2.24, 2.45) is 0 Å². The number of rotatable bonds is 8. The Morgan fingerprint density at radius 2 is 1.65 bits per heavy atom. The van der Waals surface area contributed by atoms with Gasteiger partial charge in [-0.1, -0.05) is 103 Å². The number of amides is 1. The summed E-state index contributed by atoms with van der Waals surface area (Å²) in [5, 5.41) is 2.85. The van der Waals surface area contributed by atoms with E-state index in [9.17, 15) is 4.79 Å². The van der Waals surface area contributed by atoms with E-state index in [0.717, 1.165) is 41.0 Å². The number of hydrogen-bond donors (Lipinski definition) is 1. The van der Waals surface area contributed by atoms with Crippen LogP contribution in [0.3, 0.4) is 0 Å². The fraction of sp³-hybridized carbons (Fsp3) is 0.296. The van der Waals surface area contributed by atoms with Crippen molar-refractivity contribution in [1.82, 2.24) is 5.32 Å². The van der Waals surface area contributed by atoms with Gasteiger partial charge in [0.1, 0.15) is 5.75 Å². The first kappa shape index (κ1) is 24.7. The molecule has 1 heterocycles. The molecule has 1 amide bonds. The lowest BCUT2D eigenvalue weighted by molar-refractivity contribution is 0.0926. The Balaban J connectivity index is 1.65. The number of carbonyl (C=O) groups excluding carboxylic acids is 1. The Bertz CT molecular complexity index is 1110. The fourth-order valence-electron chi connectivity index (χ4n) is 4.06. The number of anilines is 1. The van der Waals surface area contributed by atoms with Crippen LogP contribution >= 0.6 is 34.8 Å². The van der Waals surface area contributed by atoms with Crippen LogP contribution in [-0.2, 0) is 6.54 Å². The predicted molar refractivity (Wildman–Crippen MR) is 141 cm³/mol. The number of halogens is 3. The third-order valence-electron chi connectivity index (χ3n) is 5.84. The summed E-state index contributed by atoms with van der Waals surface area (Å²) in [4.78, 5) is 14.8. The van der Waals surface area contributed by atoms with Crippen LogP contribution in [0.5, 0.6) is 5.75 Å². The van der Waals surface area contributed by atoms with E-state index in [2.05, 4.69) is 12.2 Å². The van der Waals surface area contributed by atoms with Crippen molar-refractivity contribution in [3.8, 4) is 16.9 Å². The summed E-state index contributed by atoms with van der Waals surface area (Å²) in [6.07, 6.45) is 2.56. The van der Waals surface area contributed by atoms with Crippen LogP contribution in [-0.4, -0.2) is 22.5 Å². The van der Waals surface area contributed by atoms with Crippen molar-refractivity contribution in [2.75, 3.05) is 11.5 Å². The number of carbonyl (C=O) groups is 1. The number of unbranched alkanes of at least 4 members (excludes halogenated alkanes) is 2. The summed E-state index contributed by atoms with van der Waals surface area (Å²) in [6.45, 7) is 3.36. The zero-order valence-electron chi connectivity index (χ0n) is 18.9. The first-order chi connectivity index (χ1) is 16.4. The Kier molecular flexibility index (Phi) is 7.92. The SMILES string of the molecule is CCCCCOc1ccc(-c2ccc3c(c2)N(Cc2ccccc2)C(C(Cl)(Cl)Cl)NC3=O)cc1. The third kappa shape index (κ3) is 5.80. The van der Waals surface area contributed by atoms with Crippen molar-refractivity contribution in [2.45, 2.75) is 42.7 Å². The van der Waals surface area contributed by atoms with Gasteiger partial charge in [-0.25, -0.2) is 0 Å². The standard InChI is InChI=1S/C27H27Cl3N2O2/c1-2-3-7-16-34-22-13-10-20(11-14-22)21-12-15-23-24(17-21)32(18-19-8-5-4-6-9-19)26(27(28,29)30)31-25(23)33/h4-6,8-15,17,26H,2-3,7,16,18H2,1H3,(H,31,33). The van der Waals surface area contributed by atoms with Gasteiger partial charge in [-0.2, -0.15) is 0 Å². The summed E-state index contributed by atoms with van der Waals surface area (Å²) in [5.74, 6) is 0.581. The highest BCUT2D eigenvalue weighted by Crippen LogP contribution is 2.40. The largest absolute Gasteiger partial charge is 0.494 e. The lowest BCUT2D eigenvalue weighted by atomic mass is 9.99. The molecule has 178 valence electrons. The highest BCUT2D eigenvalue weighted by molar-refractivity contribution is 6.68. The van der Waals surface area contributed by atoms with E-state index in [1.807, 2.05) is 77.7 Å². The summed E-state index contributed by atoms with van der Waals surface area (Å²) >= 11 is 18.9. The topological polar surface area (TPSA) is 41.6 Å².